The van der Waals surface area contributed by atoms with Crippen LogP contribution in [0.5, 0.6) is 0 Å². The molecule has 0 N–H and O–H groups in total. The first-order chi connectivity index (χ1) is 7.62. The summed E-state index contributed by atoms with van der Waals surface area (Å²) in [5.74, 6) is -1.10. The maximum atomic E-state index is 11.0. The Kier molecular flexibility index (Phi) is 3.59. The van der Waals surface area contributed by atoms with E-state index < -0.39 is 11.8 Å². The highest BCUT2D eigenvalue weighted by Crippen LogP contribution is 2.30. The lowest BCUT2D eigenvalue weighted by Gasteiger charge is -2.18. The van der Waals surface area contributed by atoms with E-state index in [-0.39, 0.29) is 12.2 Å². The minimum absolute atomic E-state index is 0.0808. The van der Waals surface area contributed by atoms with Crippen molar-refractivity contribution in [2.45, 2.75) is 13.3 Å². The van der Waals surface area contributed by atoms with Crippen molar-refractivity contribution in [3.05, 3.63) is 23.3 Å². The number of hydrogen-bond acceptors (Lipinski definition) is 4. The van der Waals surface area contributed by atoms with Crippen LogP contribution in [0.25, 0.3) is 0 Å². The second-order valence-electron chi connectivity index (χ2n) is 3.58. The molecule has 0 aliphatic heterocycles. The summed E-state index contributed by atoms with van der Waals surface area (Å²) in [6.07, 6.45) is 3.15. The summed E-state index contributed by atoms with van der Waals surface area (Å²) in [6, 6.07) is 5.87. The number of nitrogens with zero attached hydrogens (tertiary/aromatic N) is 3. The summed E-state index contributed by atoms with van der Waals surface area (Å²) in [5.41, 5.74) is 0.668. The maximum Gasteiger partial charge on any atom is 0.130 e. The smallest absolute Gasteiger partial charge is 0.130 e. The van der Waals surface area contributed by atoms with E-state index in [1.807, 2.05) is 18.2 Å². The molecule has 0 aromatic rings. The summed E-state index contributed by atoms with van der Waals surface area (Å²) in [6.45, 7) is 1.42. The Bertz CT molecular complexity index is 462. The lowest BCUT2D eigenvalue weighted by Crippen LogP contribution is -2.15. The molecule has 0 heterocycles. The Labute approximate surface area is 93.7 Å². The van der Waals surface area contributed by atoms with Crippen molar-refractivity contribution < 1.29 is 4.79 Å². The standard InChI is InChI=1S/C12H9N3O/c1-8(16)2-12-10(6-14)3-9(5-13)4-11(12)7-15/h3-4,9,12H,2H2,1H3. The third kappa shape index (κ3) is 2.35. The molecular formula is C12H9N3O. The summed E-state index contributed by atoms with van der Waals surface area (Å²) >= 11 is 0. The molecule has 78 valence electrons. The number of Topliss-reactive ketones (excluding diaryl/α,β-unsaturated/α-hetero) is 1. The van der Waals surface area contributed by atoms with Crippen LogP contribution in [0.1, 0.15) is 13.3 Å². The van der Waals surface area contributed by atoms with Gasteiger partial charge in [0, 0.05) is 23.5 Å². The SMILES string of the molecule is CC(=O)CC1C(C#N)=CC(C#N)C=C1C#N. The van der Waals surface area contributed by atoms with E-state index in [1.54, 1.807) is 0 Å². The van der Waals surface area contributed by atoms with Crippen LogP contribution in [0.4, 0.5) is 0 Å². The molecule has 4 nitrogen and oxygen atoms in total. The van der Waals surface area contributed by atoms with Gasteiger partial charge >= 0.3 is 0 Å². The van der Waals surface area contributed by atoms with Crippen molar-refractivity contribution in [2.24, 2.45) is 11.8 Å². The normalized spacial score (nSPS) is 23.1. The van der Waals surface area contributed by atoms with Crippen LogP contribution < -0.4 is 0 Å². The van der Waals surface area contributed by atoms with E-state index in [1.165, 1.54) is 19.1 Å². The molecule has 0 spiro atoms. The topological polar surface area (TPSA) is 88.4 Å². The van der Waals surface area contributed by atoms with Crippen LogP contribution >= 0.6 is 0 Å². The van der Waals surface area contributed by atoms with Gasteiger partial charge in [-0.1, -0.05) is 0 Å². The average molecular weight is 211 g/mol. The Balaban J connectivity index is 3.12. The Morgan fingerprint density at radius 2 is 1.75 bits per heavy atom. The van der Waals surface area contributed by atoms with Crippen LogP contribution in [0, 0.1) is 45.8 Å². The number of allylic oxidation sites excluding steroid dienone is 4. The summed E-state index contributed by atoms with van der Waals surface area (Å²) in [7, 11) is 0. The number of hydrogen-bond donors (Lipinski definition) is 0. The van der Waals surface area contributed by atoms with E-state index >= 15 is 0 Å². The van der Waals surface area contributed by atoms with E-state index in [0.717, 1.165) is 0 Å². The Morgan fingerprint density at radius 1 is 1.25 bits per heavy atom. The van der Waals surface area contributed by atoms with Crippen LogP contribution in [-0.2, 0) is 4.79 Å². The zero-order valence-corrected chi connectivity index (χ0v) is 8.77. The Hall–Kier alpha value is -2.38. The van der Waals surface area contributed by atoms with Gasteiger partial charge in [-0.3, -0.25) is 4.79 Å². The first-order valence-corrected chi connectivity index (χ1v) is 4.75. The molecule has 0 amide bonds. The lowest BCUT2D eigenvalue weighted by atomic mass is 9.81. The number of nitriles is 3. The van der Waals surface area contributed by atoms with Gasteiger partial charge in [-0.15, -0.1) is 0 Å². The quantitative estimate of drug-likeness (QED) is 0.694. The van der Waals surface area contributed by atoms with Crippen molar-refractivity contribution in [3.8, 4) is 18.2 Å². The first kappa shape index (κ1) is 11.7. The molecule has 0 atom stereocenters. The number of ketones is 1. The van der Waals surface area contributed by atoms with Gasteiger partial charge in [0.2, 0.25) is 0 Å². The fourth-order valence-electron chi connectivity index (χ4n) is 1.65. The molecule has 0 saturated heterocycles. The zero-order valence-electron chi connectivity index (χ0n) is 8.77. The first-order valence-electron chi connectivity index (χ1n) is 4.75. The molecule has 0 saturated carbocycles. The monoisotopic (exact) mass is 211 g/mol. The molecule has 1 rings (SSSR count). The molecule has 0 aromatic heterocycles. The van der Waals surface area contributed by atoms with Crippen molar-refractivity contribution >= 4 is 5.78 Å². The van der Waals surface area contributed by atoms with Gasteiger partial charge in [-0.2, -0.15) is 15.8 Å². The van der Waals surface area contributed by atoms with Crippen molar-refractivity contribution in [3.63, 3.8) is 0 Å². The molecule has 16 heavy (non-hydrogen) atoms. The highest BCUT2D eigenvalue weighted by Gasteiger charge is 2.26. The second kappa shape index (κ2) is 4.91. The fourth-order valence-corrected chi connectivity index (χ4v) is 1.65. The molecule has 0 unspecified atom stereocenters. The molecule has 1 aliphatic carbocycles. The predicted molar refractivity (Wildman–Crippen MR) is 55.3 cm³/mol. The minimum atomic E-state index is -0.549. The maximum absolute atomic E-state index is 11.0. The van der Waals surface area contributed by atoms with E-state index in [4.69, 9.17) is 15.8 Å². The van der Waals surface area contributed by atoms with E-state index in [0.29, 0.717) is 11.1 Å². The molecule has 0 aromatic carbocycles. The number of rotatable bonds is 2. The second-order valence-corrected chi connectivity index (χ2v) is 3.58. The van der Waals surface area contributed by atoms with Crippen LogP contribution in [0.2, 0.25) is 0 Å². The van der Waals surface area contributed by atoms with Gasteiger partial charge < -0.3 is 0 Å². The molecule has 4 heteroatoms. The van der Waals surface area contributed by atoms with Crippen molar-refractivity contribution in [1.82, 2.24) is 0 Å². The minimum Gasteiger partial charge on any atom is -0.300 e. The van der Waals surface area contributed by atoms with Gasteiger partial charge in [0.05, 0.1) is 24.1 Å². The molecule has 0 radical (unpaired) electrons. The van der Waals surface area contributed by atoms with Gasteiger partial charge in [0.15, 0.2) is 0 Å². The molecule has 0 fully saturated rings. The lowest BCUT2D eigenvalue weighted by molar-refractivity contribution is -0.117. The van der Waals surface area contributed by atoms with Crippen LogP contribution in [0.15, 0.2) is 23.3 Å². The fraction of sp³-hybridized carbons (Fsp3) is 0.333. The Morgan fingerprint density at radius 3 is 2.06 bits per heavy atom. The average Bonchev–Trinajstić information content (AvgIpc) is 2.28. The number of carbonyl (C=O) groups is 1. The van der Waals surface area contributed by atoms with E-state index in [9.17, 15) is 4.79 Å². The summed E-state index contributed by atoms with van der Waals surface area (Å²) < 4.78 is 0. The highest BCUT2D eigenvalue weighted by molar-refractivity contribution is 5.77. The van der Waals surface area contributed by atoms with Gasteiger partial charge in [0.25, 0.3) is 0 Å². The summed E-state index contributed by atoms with van der Waals surface area (Å²) in [5, 5.41) is 26.6. The largest absolute Gasteiger partial charge is 0.300 e. The highest BCUT2D eigenvalue weighted by atomic mass is 16.1. The molecule has 1 aliphatic rings. The summed E-state index contributed by atoms with van der Waals surface area (Å²) in [4.78, 5) is 11.0. The number of carbonyl (C=O) groups excluding carboxylic acids is 1. The molecule has 0 bridgehead atoms. The zero-order chi connectivity index (χ0) is 12.1. The van der Waals surface area contributed by atoms with Gasteiger partial charge in [-0.05, 0) is 19.1 Å². The third-order valence-electron chi connectivity index (χ3n) is 2.37. The van der Waals surface area contributed by atoms with Crippen LogP contribution in [0.3, 0.4) is 0 Å². The van der Waals surface area contributed by atoms with Crippen LogP contribution in [-0.4, -0.2) is 5.78 Å². The van der Waals surface area contributed by atoms with Crippen molar-refractivity contribution in [2.75, 3.05) is 0 Å². The van der Waals surface area contributed by atoms with Crippen molar-refractivity contribution in [1.29, 1.82) is 15.8 Å². The predicted octanol–water partition coefficient (Wildman–Crippen LogP) is 1.64. The van der Waals surface area contributed by atoms with Gasteiger partial charge in [-0.25, -0.2) is 0 Å². The third-order valence-corrected chi connectivity index (χ3v) is 2.37. The van der Waals surface area contributed by atoms with Gasteiger partial charge in [0.1, 0.15) is 5.78 Å². The molecular weight excluding hydrogens is 202 g/mol. The van der Waals surface area contributed by atoms with E-state index in [2.05, 4.69) is 0 Å².